The molecule has 0 fully saturated rings. The Labute approximate surface area is 109 Å². The molecule has 0 bridgehead atoms. The highest BCUT2D eigenvalue weighted by atomic mass is 19.2. The number of benzene rings is 2. The molecule has 0 unspecified atom stereocenters. The lowest BCUT2D eigenvalue weighted by molar-refractivity contribution is 0.102. The molecule has 1 amide bonds. The van der Waals surface area contributed by atoms with Crippen LogP contribution in [-0.2, 0) is 0 Å². The number of carbonyl (C=O) groups excluding carboxylic acids is 1. The van der Waals surface area contributed by atoms with Gasteiger partial charge in [0.25, 0.3) is 5.91 Å². The van der Waals surface area contributed by atoms with Gasteiger partial charge in [0, 0.05) is 5.56 Å². The monoisotopic (exact) mass is 262 g/mol. The van der Waals surface area contributed by atoms with Crippen LogP contribution in [0.5, 0.6) is 0 Å². The lowest BCUT2D eigenvalue weighted by atomic mass is 10.1. The molecule has 0 spiro atoms. The molecule has 0 atom stereocenters. The summed E-state index contributed by atoms with van der Waals surface area (Å²) in [5.41, 5.74) is 6.48. The molecule has 0 saturated carbocycles. The first-order valence-electron chi connectivity index (χ1n) is 5.60. The van der Waals surface area contributed by atoms with Gasteiger partial charge in [-0.2, -0.15) is 0 Å². The number of nitrogens with two attached hydrogens (primary N) is 1. The van der Waals surface area contributed by atoms with Gasteiger partial charge in [0.15, 0.2) is 11.6 Å². The number of nitrogens with one attached hydrogen (secondary N) is 1. The fraction of sp³-hybridized carbons (Fsp3) is 0.0714. The SMILES string of the molecule is Cc1ccc(C(=O)Nc2c(N)ccc(F)c2F)cc1. The number of nitrogen functional groups attached to an aromatic ring is 1. The zero-order valence-electron chi connectivity index (χ0n) is 10.2. The van der Waals surface area contributed by atoms with E-state index in [0.717, 1.165) is 11.6 Å². The number of rotatable bonds is 2. The second-order valence-corrected chi connectivity index (χ2v) is 4.15. The maximum Gasteiger partial charge on any atom is 0.255 e. The fourth-order valence-corrected chi connectivity index (χ4v) is 1.58. The van der Waals surface area contributed by atoms with Crippen molar-refractivity contribution in [3.63, 3.8) is 0 Å². The van der Waals surface area contributed by atoms with Gasteiger partial charge in [-0.1, -0.05) is 17.7 Å². The molecule has 5 heteroatoms. The number of carbonyl (C=O) groups is 1. The summed E-state index contributed by atoms with van der Waals surface area (Å²) < 4.78 is 26.6. The molecule has 3 nitrogen and oxygen atoms in total. The lowest BCUT2D eigenvalue weighted by Crippen LogP contribution is -2.15. The van der Waals surface area contributed by atoms with Crippen molar-refractivity contribution in [3.8, 4) is 0 Å². The van der Waals surface area contributed by atoms with E-state index in [9.17, 15) is 13.6 Å². The van der Waals surface area contributed by atoms with Crippen molar-refractivity contribution in [1.29, 1.82) is 0 Å². The van der Waals surface area contributed by atoms with Crippen LogP contribution in [0.2, 0.25) is 0 Å². The van der Waals surface area contributed by atoms with E-state index in [1.807, 2.05) is 6.92 Å². The minimum absolute atomic E-state index is 0.0284. The van der Waals surface area contributed by atoms with E-state index >= 15 is 0 Å². The summed E-state index contributed by atoms with van der Waals surface area (Å²) >= 11 is 0. The summed E-state index contributed by atoms with van der Waals surface area (Å²) in [5, 5.41) is 2.28. The van der Waals surface area contributed by atoms with E-state index in [-0.39, 0.29) is 11.4 Å². The Hall–Kier alpha value is -2.43. The third-order valence-corrected chi connectivity index (χ3v) is 2.68. The third kappa shape index (κ3) is 2.70. The average Bonchev–Trinajstić information content (AvgIpc) is 2.40. The number of aryl methyl sites for hydroxylation is 1. The Morgan fingerprint density at radius 1 is 1.11 bits per heavy atom. The molecule has 0 aromatic heterocycles. The molecule has 2 rings (SSSR count). The number of halogens is 2. The van der Waals surface area contributed by atoms with Crippen LogP contribution in [0.25, 0.3) is 0 Å². The predicted octanol–water partition coefficient (Wildman–Crippen LogP) is 3.11. The Morgan fingerprint density at radius 2 is 1.74 bits per heavy atom. The molecule has 0 heterocycles. The standard InChI is InChI=1S/C14H12F2N2O/c1-8-2-4-9(5-3-8)14(19)18-13-11(17)7-6-10(15)12(13)16/h2-7H,17H2,1H3,(H,18,19). The van der Waals surface area contributed by atoms with Gasteiger partial charge in [-0.3, -0.25) is 4.79 Å². The summed E-state index contributed by atoms with van der Waals surface area (Å²) in [4.78, 5) is 11.9. The van der Waals surface area contributed by atoms with Crippen molar-refractivity contribution < 1.29 is 13.6 Å². The average molecular weight is 262 g/mol. The Morgan fingerprint density at radius 3 is 2.37 bits per heavy atom. The van der Waals surface area contributed by atoms with Crippen LogP contribution in [0.15, 0.2) is 36.4 Å². The van der Waals surface area contributed by atoms with Gasteiger partial charge in [-0.15, -0.1) is 0 Å². The van der Waals surface area contributed by atoms with Crippen LogP contribution >= 0.6 is 0 Å². The molecule has 0 aliphatic heterocycles. The highest BCUT2D eigenvalue weighted by Crippen LogP contribution is 2.25. The molecule has 19 heavy (non-hydrogen) atoms. The smallest absolute Gasteiger partial charge is 0.255 e. The van der Waals surface area contributed by atoms with Gasteiger partial charge >= 0.3 is 0 Å². The van der Waals surface area contributed by atoms with Gasteiger partial charge in [-0.05, 0) is 31.2 Å². The van der Waals surface area contributed by atoms with E-state index in [0.29, 0.717) is 5.56 Å². The van der Waals surface area contributed by atoms with E-state index in [2.05, 4.69) is 5.32 Å². The Kier molecular flexibility index (Phi) is 3.46. The number of amides is 1. The predicted molar refractivity (Wildman–Crippen MR) is 69.9 cm³/mol. The maximum atomic E-state index is 13.5. The van der Waals surface area contributed by atoms with Crippen molar-refractivity contribution >= 4 is 17.3 Å². The van der Waals surface area contributed by atoms with E-state index < -0.39 is 17.5 Å². The second-order valence-electron chi connectivity index (χ2n) is 4.15. The van der Waals surface area contributed by atoms with Crippen molar-refractivity contribution in [3.05, 3.63) is 59.2 Å². The molecule has 3 N–H and O–H groups in total. The Bertz CT molecular complexity index is 624. The first kappa shape index (κ1) is 13.0. The van der Waals surface area contributed by atoms with Crippen LogP contribution in [0.1, 0.15) is 15.9 Å². The fourth-order valence-electron chi connectivity index (χ4n) is 1.58. The molecule has 0 saturated heterocycles. The maximum absolute atomic E-state index is 13.5. The van der Waals surface area contributed by atoms with Crippen LogP contribution in [0.3, 0.4) is 0 Å². The van der Waals surface area contributed by atoms with Crippen LogP contribution in [0, 0.1) is 18.6 Å². The largest absolute Gasteiger partial charge is 0.397 e. The number of hydrogen-bond donors (Lipinski definition) is 2. The van der Waals surface area contributed by atoms with Crippen LogP contribution < -0.4 is 11.1 Å². The van der Waals surface area contributed by atoms with E-state index in [1.54, 1.807) is 24.3 Å². The quantitative estimate of drug-likeness (QED) is 0.817. The second kappa shape index (κ2) is 5.06. The molecule has 2 aromatic rings. The summed E-state index contributed by atoms with van der Waals surface area (Å²) in [6.45, 7) is 1.88. The van der Waals surface area contributed by atoms with Crippen LogP contribution in [-0.4, -0.2) is 5.91 Å². The normalized spacial score (nSPS) is 10.3. The minimum Gasteiger partial charge on any atom is -0.397 e. The van der Waals surface area contributed by atoms with Crippen molar-refractivity contribution in [2.75, 3.05) is 11.1 Å². The van der Waals surface area contributed by atoms with E-state index in [4.69, 9.17) is 5.73 Å². The summed E-state index contributed by atoms with van der Waals surface area (Å²) in [5.74, 6) is -2.77. The molecule has 0 aliphatic rings. The minimum atomic E-state index is -1.17. The van der Waals surface area contributed by atoms with Crippen molar-refractivity contribution in [2.24, 2.45) is 0 Å². The van der Waals surface area contributed by atoms with Gasteiger partial charge < -0.3 is 11.1 Å². The van der Waals surface area contributed by atoms with Gasteiger partial charge in [0.2, 0.25) is 0 Å². The zero-order chi connectivity index (χ0) is 14.0. The molecular weight excluding hydrogens is 250 g/mol. The summed E-state index contributed by atoms with van der Waals surface area (Å²) in [6, 6.07) is 8.80. The summed E-state index contributed by atoms with van der Waals surface area (Å²) in [6.07, 6.45) is 0. The van der Waals surface area contributed by atoms with Gasteiger partial charge in [0.1, 0.15) is 5.69 Å². The number of anilines is 2. The highest BCUT2D eigenvalue weighted by Gasteiger charge is 2.15. The van der Waals surface area contributed by atoms with Crippen molar-refractivity contribution in [1.82, 2.24) is 0 Å². The first-order chi connectivity index (χ1) is 8.99. The molecule has 0 radical (unpaired) electrons. The molecule has 2 aromatic carbocycles. The lowest BCUT2D eigenvalue weighted by Gasteiger charge is -2.10. The number of hydrogen-bond acceptors (Lipinski definition) is 2. The third-order valence-electron chi connectivity index (χ3n) is 2.68. The summed E-state index contributed by atoms with van der Waals surface area (Å²) in [7, 11) is 0. The molecule has 0 aliphatic carbocycles. The van der Waals surface area contributed by atoms with E-state index in [1.165, 1.54) is 6.07 Å². The van der Waals surface area contributed by atoms with Gasteiger partial charge in [-0.25, -0.2) is 8.78 Å². The van der Waals surface area contributed by atoms with Crippen LogP contribution in [0.4, 0.5) is 20.2 Å². The van der Waals surface area contributed by atoms with Gasteiger partial charge in [0.05, 0.1) is 5.69 Å². The Balaban J connectivity index is 2.29. The van der Waals surface area contributed by atoms with Crippen molar-refractivity contribution in [2.45, 2.75) is 6.92 Å². The molecular formula is C14H12F2N2O. The zero-order valence-corrected chi connectivity index (χ0v) is 10.2. The highest BCUT2D eigenvalue weighted by molar-refractivity contribution is 6.05. The first-order valence-corrected chi connectivity index (χ1v) is 5.60. The molecule has 98 valence electrons. The topological polar surface area (TPSA) is 55.1 Å².